The maximum absolute atomic E-state index is 12.3. The number of hydrogen-bond acceptors (Lipinski definition) is 4. The zero-order chi connectivity index (χ0) is 30.1. The second-order valence-electron chi connectivity index (χ2n) is 10.9. The Kier molecular flexibility index (Phi) is 7.56. The molecule has 0 spiro atoms. The highest BCUT2D eigenvalue weighted by molar-refractivity contribution is 6.07. The number of nitrogens with zero attached hydrogens (tertiary/aromatic N) is 1. The normalized spacial score (nSPS) is 11.8. The van der Waals surface area contributed by atoms with Gasteiger partial charge in [0.25, 0.3) is 0 Å². The molecular weight excluding hydrogens is 532 g/mol. The summed E-state index contributed by atoms with van der Waals surface area (Å²) >= 11 is 0. The number of aryl methyl sites for hydroxylation is 4. The fourth-order valence-corrected chi connectivity index (χ4v) is 5.84. The molecular formula is C38H34N2O3. The molecule has 1 aliphatic heterocycles. The molecule has 2 N–H and O–H groups in total. The van der Waals surface area contributed by atoms with Crippen LogP contribution in [0.25, 0.3) is 33.4 Å². The van der Waals surface area contributed by atoms with E-state index in [0.29, 0.717) is 16.9 Å². The molecule has 0 unspecified atom stereocenters. The molecule has 5 heteroatoms. The van der Waals surface area contributed by atoms with Crippen molar-refractivity contribution in [1.82, 2.24) is 0 Å². The predicted octanol–water partition coefficient (Wildman–Crippen LogP) is 9.62. The number of benzene rings is 5. The van der Waals surface area contributed by atoms with Gasteiger partial charge in [-0.15, -0.1) is 0 Å². The van der Waals surface area contributed by atoms with Gasteiger partial charge in [-0.1, -0.05) is 68.4 Å². The number of rotatable bonds is 7. The van der Waals surface area contributed by atoms with E-state index in [0.717, 1.165) is 57.3 Å². The van der Waals surface area contributed by atoms with Crippen molar-refractivity contribution < 1.29 is 14.3 Å². The SMILES string of the molecule is CCc1cccc(C)c1N=c1ccc2c(-c3ccccc3C(=O)O)c3ccc(Nc4c(C)cccc4CC)cc3oc-2c1. The molecule has 0 amide bonds. The first kappa shape index (κ1) is 28.0. The van der Waals surface area contributed by atoms with Gasteiger partial charge in [0, 0.05) is 40.0 Å². The van der Waals surface area contributed by atoms with E-state index in [1.165, 1.54) is 16.7 Å². The van der Waals surface area contributed by atoms with Gasteiger partial charge >= 0.3 is 5.97 Å². The van der Waals surface area contributed by atoms with Crippen molar-refractivity contribution >= 4 is 34.0 Å². The molecule has 1 aliphatic carbocycles. The average Bonchev–Trinajstić information content (AvgIpc) is 3.01. The summed E-state index contributed by atoms with van der Waals surface area (Å²) in [6.07, 6.45) is 1.80. The van der Waals surface area contributed by atoms with Crippen LogP contribution in [0.15, 0.2) is 106 Å². The molecule has 0 bridgehead atoms. The molecule has 43 heavy (non-hydrogen) atoms. The zero-order valence-corrected chi connectivity index (χ0v) is 24.9. The average molecular weight is 567 g/mol. The number of anilines is 2. The quantitative estimate of drug-likeness (QED) is 0.189. The number of hydrogen-bond donors (Lipinski definition) is 2. The summed E-state index contributed by atoms with van der Waals surface area (Å²) in [5.41, 5.74) is 10.8. The van der Waals surface area contributed by atoms with Crippen molar-refractivity contribution in [2.75, 3.05) is 5.32 Å². The number of carbonyl (C=O) groups is 1. The van der Waals surface area contributed by atoms with E-state index in [2.05, 4.69) is 69.4 Å². The molecule has 0 aromatic heterocycles. The van der Waals surface area contributed by atoms with E-state index in [-0.39, 0.29) is 5.56 Å². The van der Waals surface area contributed by atoms with Gasteiger partial charge in [-0.25, -0.2) is 9.79 Å². The van der Waals surface area contributed by atoms with Crippen LogP contribution in [0.4, 0.5) is 17.1 Å². The molecule has 4 aromatic rings. The number of nitrogens with one attached hydrogen (secondary N) is 1. The van der Waals surface area contributed by atoms with Crippen LogP contribution in [0.2, 0.25) is 0 Å². The monoisotopic (exact) mass is 566 g/mol. The molecule has 0 fully saturated rings. The standard InChI is InChI=1S/C38H34N2O3/c1-5-25-13-9-11-23(3)36(25)39-27-17-19-31-33(21-27)43-34-22-28(40-37-24(4)12-10-14-26(37)6-2)18-20-32(34)35(31)29-15-7-8-16-30(29)38(41)42/h7-22,39H,5-6H2,1-4H3,(H,41,42). The van der Waals surface area contributed by atoms with Gasteiger partial charge in [-0.3, -0.25) is 0 Å². The lowest BCUT2D eigenvalue weighted by Crippen LogP contribution is -2.05. The summed E-state index contributed by atoms with van der Waals surface area (Å²) in [6.45, 7) is 8.46. The minimum Gasteiger partial charge on any atom is -0.478 e. The number of fused-ring (bicyclic) bond motifs is 2. The lowest BCUT2D eigenvalue weighted by atomic mass is 9.90. The molecule has 2 aliphatic rings. The Hall–Kier alpha value is -5.16. The molecule has 0 radical (unpaired) electrons. The fourth-order valence-electron chi connectivity index (χ4n) is 5.84. The predicted molar refractivity (Wildman–Crippen MR) is 175 cm³/mol. The van der Waals surface area contributed by atoms with Crippen LogP contribution < -0.4 is 10.7 Å². The Morgan fingerprint density at radius 1 is 0.791 bits per heavy atom. The van der Waals surface area contributed by atoms with Gasteiger partial charge in [-0.05, 0) is 84.8 Å². The topological polar surface area (TPSA) is 74.8 Å². The molecule has 0 saturated heterocycles. The van der Waals surface area contributed by atoms with Crippen molar-refractivity contribution in [1.29, 1.82) is 0 Å². The van der Waals surface area contributed by atoms with Crippen molar-refractivity contribution in [2.24, 2.45) is 4.99 Å². The van der Waals surface area contributed by atoms with Crippen LogP contribution in [0.1, 0.15) is 46.5 Å². The van der Waals surface area contributed by atoms with Crippen LogP contribution >= 0.6 is 0 Å². The number of aromatic carboxylic acids is 1. The molecule has 5 nitrogen and oxygen atoms in total. The highest BCUT2D eigenvalue weighted by Gasteiger charge is 2.21. The fraction of sp³-hybridized carbons (Fsp3) is 0.158. The summed E-state index contributed by atoms with van der Waals surface area (Å²) in [6, 6.07) is 31.6. The first-order chi connectivity index (χ1) is 20.9. The number of carboxylic acids is 1. The molecule has 1 heterocycles. The third kappa shape index (κ3) is 5.30. The smallest absolute Gasteiger partial charge is 0.336 e. The van der Waals surface area contributed by atoms with Crippen molar-refractivity contribution in [3.63, 3.8) is 0 Å². The minimum atomic E-state index is -0.971. The van der Waals surface area contributed by atoms with Crippen molar-refractivity contribution in [3.05, 3.63) is 130 Å². The third-order valence-corrected chi connectivity index (χ3v) is 8.08. The Morgan fingerprint density at radius 3 is 2.30 bits per heavy atom. The van der Waals surface area contributed by atoms with Crippen molar-refractivity contribution in [2.45, 2.75) is 40.5 Å². The second kappa shape index (κ2) is 11.6. The lowest BCUT2D eigenvalue weighted by Gasteiger charge is -2.18. The molecule has 0 atom stereocenters. The van der Waals surface area contributed by atoms with Crippen LogP contribution in [0, 0.1) is 13.8 Å². The van der Waals surface area contributed by atoms with Gasteiger partial charge in [0.1, 0.15) is 11.3 Å². The molecule has 0 saturated carbocycles. The van der Waals surface area contributed by atoms with Gasteiger partial charge < -0.3 is 14.8 Å². The van der Waals surface area contributed by atoms with Crippen molar-refractivity contribution in [3.8, 4) is 22.5 Å². The van der Waals surface area contributed by atoms with E-state index >= 15 is 0 Å². The first-order valence-corrected chi connectivity index (χ1v) is 14.7. The summed E-state index contributed by atoms with van der Waals surface area (Å²) < 4.78 is 6.59. The maximum Gasteiger partial charge on any atom is 0.336 e. The second-order valence-corrected chi connectivity index (χ2v) is 10.9. The molecule has 6 rings (SSSR count). The zero-order valence-electron chi connectivity index (χ0n) is 24.9. The Morgan fingerprint density at radius 2 is 1.53 bits per heavy atom. The van der Waals surface area contributed by atoms with E-state index in [9.17, 15) is 9.90 Å². The largest absolute Gasteiger partial charge is 0.478 e. The van der Waals surface area contributed by atoms with Crippen LogP contribution in [-0.2, 0) is 12.8 Å². The minimum absolute atomic E-state index is 0.243. The summed E-state index contributed by atoms with van der Waals surface area (Å²) in [4.78, 5) is 17.3. The van der Waals surface area contributed by atoms with E-state index < -0.39 is 5.97 Å². The van der Waals surface area contributed by atoms with Crippen LogP contribution in [0.3, 0.4) is 0 Å². The highest BCUT2D eigenvalue weighted by atomic mass is 16.4. The number of carboxylic acid groups (broad SMARTS) is 1. The Labute approximate surface area is 251 Å². The van der Waals surface area contributed by atoms with Crippen LogP contribution in [-0.4, -0.2) is 11.1 Å². The van der Waals surface area contributed by atoms with Gasteiger partial charge in [0.05, 0.1) is 16.6 Å². The lowest BCUT2D eigenvalue weighted by molar-refractivity contribution is 0.0697. The number of para-hydroxylation sites is 2. The maximum atomic E-state index is 12.3. The summed E-state index contributed by atoms with van der Waals surface area (Å²) in [5, 5.41) is 15.3. The molecule has 4 aromatic carbocycles. The van der Waals surface area contributed by atoms with Gasteiger partial charge in [0.15, 0.2) is 0 Å². The Balaban J connectivity index is 1.61. The summed E-state index contributed by atoms with van der Waals surface area (Å²) in [5.74, 6) is -0.334. The van der Waals surface area contributed by atoms with Gasteiger partial charge in [0.2, 0.25) is 0 Å². The van der Waals surface area contributed by atoms with E-state index in [1.54, 1.807) is 12.1 Å². The highest BCUT2D eigenvalue weighted by Crippen LogP contribution is 2.42. The van der Waals surface area contributed by atoms with E-state index in [1.807, 2.05) is 48.5 Å². The first-order valence-electron chi connectivity index (χ1n) is 14.7. The molecule has 214 valence electrons. The van der Waals surface area contributed by atoms with Crippen LogP contribution in [0.5, 0.6) is 0 Å². The third-order valence-electron chi connectivity index (χ3n) is 8.08. The van der Waals surface area contributed by atoms with Gasteiger partial charge in [-0.2, -0.15) is 0 Å². The Bertz CT molecular complexity index is 2040. The summed E-state index contributed by atoms with van der Waals surface area (Å²) in [7, 11) is 0. The van der Waals surface area contributed by atoms with E-state index in [4.69, 9.17) is 9.41 Å².